The summed E-state index contributed by atoms with van der Waals surface area (Å²) >= 11 is 1.75. The van der Waals surface area contributed by atoms with Crippen LogP contribution in [0.4, 0.5) is 0 Å². The van der Waals surface area contributed by atoms with Gasteiger partial charge in [0.1, 0.15) is 0 Å². The molecule has 0 fully saturated rings. The van der Waals surface area contributed by atoms with Crippen LogP contribution in [0.15, 0.2) is 35.2 Å². The van der Waals surface area contributed by atoms with Crippen LogP contribution >= 0.6 is 11.8 Å². The third-order valence-corrected chi connectivity index (χ3v) is 2.13. The highest BCUT2D eigenvalue weighted by Gasteiger charge is 1.88. The molecule has 0 saturated carbocycles. The molecule has 1 aromatic carbocycles. The topological polar surface area (TPSA) is 0 Å². The number of thioether (sulfide) groups is 1. The highest BCUT2D eigenvalue weighted by Crippen LogP contribution is 2.16. The van der Waals surface area contributed by atoms with E-state index in [0.717, 1.165) is 0 Å². The number of rotatable bonds is 2. The maximum Gasteiger partial charge on any atom is 0.00750 e. The third kappa shape index (κ3) is 2.43. The van der Waals surface area contributed by atoms with Crippen LogP contribution < -0.4 is 0 Å². The fraction of sp³-hybridized carbons (Fsp3) is 0.100. The van der Waals surface area contributed by atoms with Crippen LogP contribution in [-0.4, -0.2) is 6.26 Å². The molecule has 0 aliphatic rings. The summed E-state index contributed by atoms with van der Waals surface area (Å²) in [6.07, 6.45) is 5.88. The van der Waals surface area contributed by atoms with Crippen LogP contribution in [0.25, 0.3) is 6.08 Å². The van der Waals surface area contributed by atoms with E-state index in [1.165, 1.54) is 10.5 Å². The van der Waals surface area contributed by atoms with Crippen LogP contribution in [0.5, 0.6) is 0 Å². The molecule has 1 rings (SSSR count). The van der Waals surface area contributed by atoms with Crippen molar-refractivity contribution in [2.75, 3.05) is 6.26 Å². The van der Waals surface area contributed by atoms with Crippen molar-refractivity contribution in [1.29, 1.82) is 0 Å². The molecule has 0 aromatic heterocycles. The van der Waals surface area contributed by atoms with Crippen molar-refractivity contribution in [3.8, 4) is 0 Å². The van der Waals surface area contributed by atoms with E-state index in [1.54, 1.807) is 17.8 Å². The first-order valence-corrected chi connectivity index (χ1v) is 4.69. The van der Waals surface area contributed by atoms with E-state index in [0.29, 0.717) is 0 Å². The standard InChI is InChI=1S/C10H11S/c1-3-5-9-6-4-7-10(8-9)11-2/h3-8H,1H2,2H3. The lowest BCUT2D eigenvalue weighted by atomic mass is 10.2. The fourth-order valence-corrected chi connectivity index (χ4v) is 1.35. The minimum absolute atomic E-state index is 1.21. The van der Waals surface area contributed by atoms with Crippen molar-refractivity contribution in [1.82, 2.24) is 0 Å². The molecule has 0 amide bonds. The molecule has 0 bridgehead atoms. The summed E-state index contributed by atoms with van der Waals surface area (Å²) in [6, 6.07) is 8.38. The zero-order chi connectivity index (χ0) is 8.10. The van der Waals surface area contributed by atoms with Gasteiger partial charge >= 0.3 is 0 Å². The van der Waals surface area contributed by atoms with Gasteiger partial charge in [0.25, 0.3) is 0 Å². The van der Waals surface area contributed by atoms with Gasteiger partial charge in [0.2, 0.25) is 0 Å². The van der Waals surface area contributed by atoms with Crippen molar-refractivity contribution in [3.05, 3.63) is 42.8 Å². The van der Waals surface area contributed by atoms with Gasteiger partial charge < -0.3 is 0 Å². The Morgan fingerprint density at radius 3 is 2.91 bits per heavy atom. The van der Waals surface area contributed by atoms with Gasteiger partial charge in [-0.3, -0.25) is 0 Å². The van der Waals surface area contributed by atoms with E-state index < -0.39 is 0 Å². The molecular weight excluding hydrogens is 152 g/mol. The Hall–Kier alpha value is -0.690. The lowest BCUT2D eigenvalue weighted by molar-refractivity contribution is 1.45. The first-order chi connectivity index (χ1) is 5.36. The quantitative estimate of drug-likeness (QED) is 0.603. The third-order valence-electron chi connectivity index (χ3n) is 1.40. The molecule has 0 heterocycles. The molecule has 0 unspecified atom stereocenters. The fourth-order valence-electron chi connectivity index (χ4n) is 0.881. The van der Waals surface area contributed by atoms with Gasteiger partial charge in [-0.05, 0) is 30.9 Å². The Morgan fingerprint density at radius 1 is 1.45 bits per heavy atom. The maximum atomic E-state index is 3.65. The summed E-state index contributed by atoms with van der Waals surface area (Å²) in [7, 11) is 0. The molecule has 0 N–H and O–H groups in total. The Kier molecular flexibility index (Phi) is 3.24. The van der Waals surface area contributed by atoms with Gasteiger partial charge in [0.05, 0.1) is 0 Å². The molecule has 1 heteroatoms. The summed E-state index contributed by atoms with van der Waals surface area (Å²) in [6.45, 7) is 3.65. The lowest BCUT2D eigenvalue weighted by Crippen LogP contribution is -1.72. The van der Waals surface area contributed by atoms with E-state index in [2.05, 4.69) is 37.4 Å². The van der Waals surface area contributed by atoms with Crippen molar-refractivity contribution >= 4 is 17.8 Å². The minimum Gasteiger partial charge on any atom is -0.130 e. The van der Waals surface area contributed by atoms with Gasteiger partial charge in [-0.25, -0.2) is 0 Å². The van der Waals surface area contributed by atoms with Crippen LogP contribution in [-0.2, 0) is 0 Å². The smallest absolute Gasteiger partial charge is 0.00750 e. The minimum atomic E-state index is 1.21. The van der Waals surface area contributed by atoms with Crippen molar-refractivity contribution < 1.29 is 0 Å². The molecule has 0 spiro atoms. The van der Waals surface area contributed by atoms with Gasteiger partial charge in [-0.1, -0.05) is 24.3 Å². The van der Waals surface area contributed by atoms with Crippen LogP contribution in [0.1, 0.15) is 5.56 Å². The molecule has 57 valence electrons. The molecule has 1 radical (unpaired) electrons. The normalized spacial score (nSPS) is 10.7. The van der Waals surface area contributed by atoms with E-state index in [4.69, 9.17) is 0 Å². The van der Waals surface area contributed by atoms with Gasteiger partial charge in [-0.15, -0.1) is 11.8 Å². The zero-order valence-electron chi connectivity index (χ0n) is 6.58. The zero-order valence-corrected chi connectivity index (χ0v) is 7.40. The Bertz CT molecular complexity index is 251. The van der Waals surface area contributed by atoms with Gasteiger partial charge in [0, 0.05) is 4.90 Å². The summed E-state index contributed by atoms with van der Waals surface area (Å²) in [5, 5.41) is 0. The van der Waals surface area contributed by atoms with Crippen LogP contribution in [0, 0.1) is 6.92 Å². The first-order valence-electron chi connectivity index (χ1n) is 3.46. The molecule has 0 aliphatic carbocycles. The Morgan fingerprint density at radius 2 is 2.27 bits per heavy atom. The predicted molar refractivity (Wildman–Crippen MR) is 52.6 cm³/mol. The predicted octanol–water partition coefficient (Wildman–Crippen LogP) is 3.26. The number of hydrogen-bond donors (Lipinski definition) is 0. The van der Waals surface area contributed by atoms with Crippen LogP contribution in [0.2, 0.25) is 0 Å². The van der Waals surface area contributed by atoms with Gasteiger partial charge in [-0.2, -0.15) is 0 Å². The Balaban J connectivity index is 2.91. The average molecular weight is 163 g/mol. The summed E-state index contributed by atoms with van der Waals surface area (Å²) in [5.41, 5.74) is 1.21. The van der Waals surface area contributed by atoms with Gasteiger partial charge in [0.15, 0.2) is 0 Å². The molecule has 0 aliphatic heterocycles. The summed E-state index contributed by atoms with van der Waals surface area (Å²) < 4.78 is 0. The second-order valence-corrected chi connectivity index (χ2v) is 3.06. The second kappa shape index (κ2) is 4.24. The van der Waals surface area contributed by atoms with Crippen LogP contribution in [0.3, 0.4) is 0 Å². The second-order valence-electron chi connectivity index (χ2n) is 2.18. The monoisotopic (exact) mass is 163 g/mol. The number of benzene rings is 1. The largest absolute Gasteiger partial charge is 0.130 e. The highest BCUT2D eigenvalue weighted by molar-refractivity contribution is 7.98. The van der Waals surface area contributed by atoms with E-state index >= 15 is 0 Å². The summed E-state index contributed by atoms with van der Waals surface area (Å²) in [4.78, 5) is 1.29. The molecule has 11 heavy (non-hydrogen) atoms. The van der Waals surface area contributed by atoms with E-state index in [9.17, 15) is 0 Å². The Labute approximate surface area is 72.3 Å². The summed E-state index contributed by atoms with van der Waals surface area (Å²) in [5.74, 6) is 0. The SMILES string of the molecule is [CH2]C=Cc1cccc(SC)c1. The number of allylic oxidation sites excluding steroid dienone is 1. The molecule has 0 nitrogen and oxygen atoms in total. The van der Waals surface area contributed by atoms with E-state index in [-0.39, 0.29) is 0 Å². The average Bonchev–Trinajstić information content (AvgIpc) is 2.06. The van der Waals surface area contributed by atoms with Crippen molar-refractivity contribution in [3.63, 3.8) is 0 Å². The maximum absolute atomic E-state index is 3.65. The van der Waals surface area contributed by atoms with Crippen molar-refractivity contribution in [2.24, 2.45) is 0 Å². The van der Waals surface area contributed by atoms with Crippen molar-refractivity contribution in [2.45, 2.75) is 4.90 Å². The molecule has 0 saturated heterocycles. The van der Waals surface area contributed by atoms with E-state index in [1.807, 2.05) is 6.08 Å². The molecule has 1 aromatic rings. The highest BCUT2D eigenvalue weighted by atomic mass is 32.2. The molecule has 0 atom stereocenters. The lowest BCUT2D eigenvalue weighted by Gasteiger charge is -1.96. The first kappa shape index (κ1) is 8.41. The number of hydrogen-bond acceptors (Lipinski definition) is 1. The molecular formula is C10H11S.